The van der Waals surface area contributed by atoms with Crippen molar-refractivity contribution >= 4 is 17.4 Å². The van der Waals surface area contributed by atoms with Gasteiger partial charge in [0.25, 0.3) is 0 Å². The zero-order valence-electron chi connectivity index (χ0n) is 11.4. The van der Waals surface area contributed by atoms with E-state index < -0.39 is 0 Å². The van der Waals surface area contributed by atoms with E-state index in [4.69, 9.17) is 16.3 Å². The van der Waals surface area contributed by atoms with Gasteiger partial charge in [-0.25, -0.2) is 0 Å². The zero-order chi connectivity index (χ0) is 13.4. The van der Waals surface area contributed by atoms with Crippen molar-refractivity contribution in [2.75, 3.05) is 24.3 Å². The molecule has 0 aliphatic heterocycles. The summed E-state index contributed by atoms with van der Waals surface area (Å²) in [5.41, 5.74) is 0.193. The second kappa shape index (κ2) is 7.41. The standard InChI is InChI=1S/C13H22ClN3O/c1-4-18-12-9-15-8-11(17-12)16-10-13(2,3)6-5-7-14/h8-9H,4-7,10H2,1-3H3,(H,16,17). The lowest BCUT2D eigenvalue weighted by molar-refractivity contribution is 0.325. The highest BCUT2D eigenvalue weighted by Gasteiger charge is 2.17. The van der Waals surface area contributed by atoms with Crippen molar-refractivity contribution in [3.8, 4) is 5.88 Å². The summed E-state index contributed by atoms with van der Waals surface area (Å²) in [5.74, 6) is 2.02. The molecule has 1 heterocycles. The minimum atomic E-state index is 0.193. The highest BCUT2D eigenvalue weighted by atomic mass is 35.5. The number of anilines is 1. The Kier molecular flexibility index (Phi) is 6.19. The number of aromatic nitrogens is 2. The minimum Gasteiger partial charge on any atom is -0.477 e. The molecule has 0 atom stereocenters. The molecule has 0 saturated carbocycles. The first kappa shape index (κ1) is 15.0. The van der Waals surface area contributed by atoms with Gasteiger partial charge >= 0.3 is 0 Å². The van der Waals surface area contributed by atoms with Gasteiger partial charge in [-0.1, -0.05) is 13.8 Å². The number of hydrogen-bond acceptors (Lipinski definition) is 4. The minimum absolute atomic E-state index is 0.193. The average molecular weight is 272 g/mol. The van der Waals surface area contributed by atoms with Gasteiger partial charge in [0.15, 0.2) is 0 Å². The molecule has 1 aromatic rings. The van der Waals surface area contributed by atoms with E-state index >= 15 is 0 Å². The Morgan fingerprint density at radius 2 is 2.17 bits per heavy atom. The van der Waals surface area contributed by atoms with Crippen LogP contribution in [0.25, 0.3) is 0 Å². The van der Waals surface area contributed by atoms with E-state index in [2.05, 4.69) is 29.1 Å². The Morgan fingerprint density at radius 3 is 2.83 bits per heavy atom. The Balaban J connectivity index is 2.49. The van der Waals surface area contributed by atoms with Crippen molar-refractivity contribution in [3.63, 3.8) is 0 Å². The van der Waals surface area contributed by atoms with E-state index in [-0.39, 0.29) is 5.41 Å². The number of nitrogens with one attached hydrogen (secondary N) is 1. The summed E-state index contributed by atoms with van der Waals surface area (Å²) >= 11 is 5.72. The molecule has 1 N–H and O–H groups in total. The van der Waals surface area contributed by atoms with E-state index in [1.165, 1.54) is 0 Å². The lowest BCUT2D eigenvalue weighted by Crippen LogP contribution is -2.23. The third-order valence-electron chi connectivity index (χ3n) is 2.64. The molecule has 18 heavy (non-hydrogen) atoms. The maximum atomic E-state index is 5.72. The molecule has 1 aromatic heterocycles. The molecule has 0 spiro atoms. The average Bonchev–Trinajstić information content (AvgIpc) is 2.35. The summed E-state index contributed by atoms with van der Waals surface area (Å²) in [5, 5.41) is 3.30. The van der Waals surface area contributed by atoms with Gasteiger partial charge in [-0.3, -0.25) is 4.98 Å². The summed E-state index contributed by atoms with van der Waals surface area (Å²) in [6.45, 7) is 7.79. The second-order valence-electron chi connectivity index (χ2n) is 4.99. The summed E-state index contributed by atoms with van der Waals surface area (Å²) < 4.78 is 5.31. The van der Waals surface area contributed by atoms with Crippen molar-refractivity contribution in [1.82, 2.24) is 9.97 Å². The molecule has 102 valence electrons. The van der Waals surface area contributed by atoms with Gasteiger partial charge in [0.1, 0.15) is 5.82 Å². The second-order valence-corrected chi connectivity index (χ2v) is 5.36. The van der Waals surface area contributed by atoms with Gasteiger partial charge in [0, 0.05) is 12.4 Å². The van der Waals surface area contributed by atoms with Crippen LogP contribution in [0.2, 0.25) is 0 Å². The van der Waals surface area contributed by atoms with E-state index in [0.717, 1.165) is 25.2 Å². The molecule has 0 aliphatic rings. The summed E-state index contributed by atoms with van der Waals surface area (Å²) in [6.07, 6.45) is 5.44. The van der Waals surface area contributed by atoms with Gasteiger partial charge in [-0.15, -0.1) is 11.6 Å². The quantitative estimate of drug-likeness (QED) is 0.737. The molecule has 0 amide bonds. The Labute approximate surface area is 114 Å². The normalized spacial score (nSPS) is 11.3. The van der Waals surface area contributed by atoms with Crippen LogP contribution in [0.1, 0.15) is 33.6 Å². The molecule has 0 aromatic carbocycles. The lowest BCUT2D eigenvalue weighted by atomic mass is 9.88. The molecule has 5 heteroatoms. The SMILES string of the molecule is CCOc1cncc(NCC(C)(C)CCCCl)n1. The highest BCUT2D eigenvalue weighted by Crippen LogP contribution is 2.23. The van der Waals surface area contributed by atoms with Gasteiger partial charge in [-0.05, 0) is 25.2 Å². The van der Waals surface area contributed by atoms with Gasteiger partial charge < -0.3 is 10.1 Å². The summed E-state index contributed by atoms with van der Waals surface area (Å²) in [7, 11) is 0. The van der Waals surface area contributed by atoms with E-state index in [1.807, 2.05) is 6.92 Å². The highest BCUT2D eigenvalue weighted by molar-refractivity contribution is 6.17. The molecule has 0 unspecified atom stereocenters. The monoisotopic (exact) mass is 271 g/mol. The number of nitrogens with zero attached hydrogens (tertiary/aromatic N) is 2. The molecular weight excluding hydrogens is 250 g/mol. The van der Waals surface area contributed by atoms with E-state index in [0.29, 0.717) is 18.4 Å². The molecule has 0 aliphatic carbocycles. The molecule has 0 saturated heterocycles. The Morgan fingerprint density at radius 1 is 1.39 bits per heavy atom. The number of halogens is 1. The molecular formula is C13H22ClN3O. The molecule has 0 radical (unpaired) electrons. The fourth-order valence-corrected chi connectivity index (χ4v) is 1.75. The number of ether oxygens (including phenoxy) is 1. The van der Waals surface area contributed by atoms with Crippen LogP contribution >= 0.6 is 11.6 Å². The van der Waals surface area contributed by atoms with Gasteiger partial charge in [0.05, 0.1) is 19.0 Å². The predicted molar refractivity (Wildman–Crippen MR) is 75.4 cm³/mol. The van der Waals surface area contributed by atoms with Crippen molar-refractivity contribution in [1.29, 1.82) is 0 Å². The topological polar surface area (TPSA) is 47.0 Å². The van der Waals surface area contributed by atoms with Crippen LogP contribution in [0.15, 0.2) is 12.4 Å². The largest absolute Gasteiger partial charge is 0.477 e. The summed E-state index contributed by atoms with van der Waals surface area (Å²) in [6, 6.07) is 0. The number of hydrogen-bond donors (Lipinski definition) is 1. The van der Waals surface area contributed by atoms with Crippen LogP contribution in [-0.2, 0) is 0 Å². The van der Waals surface area contributed by atoms with E-state index in [9.17, 15) is 0 Å². The lowest BCUT2D eigenvalue weighted by Gasteiger charge is -2.24. The predicted octanol–water partition coefficient (Wildman–Crippen LogP) is 3.33. The van der Waals surface area contributed by atoms with Crippen LogP contribution in [0.4, 0.5) is 5.82 Å². The van der Waals surface area contributed by atoms with Crippen molar-refractivity contribution in [2.24, 2.45) is 5.41 Å². The Hall–Kier alpha value is -1.03. The fraction of sp³-hybridized carbons (Fsp3) is 0.692. The number of rotatable bonds is 8. The third-order valence-corrected chi connectivity index (χ3v) is 2.91. The van der Waals surface area contributed by atoms with Crippen LogP contribution in [0.5, 0.6) is 5.88 Å². The molecule has 0 bridgehead atoms. The smallest absolute Gasteiger partial charge is 0.234 e. The van der Waals surface area contributed by atoms with Crippen LogP contribution in [0.3, 0.4) is 0 Å². The first-order valence-electron chi connectivity index (χ1n) is 6.32. The van der Waals surface area contributed by atoms with Crippen LogP contribution < -0.4 is 10.1 Å². The molecule has 1 rings (SSSR count). The van der Waals surface area contributed by atoms with Gasteiger partial charge in [-0.2, -0.15) is 4.98 Å². The maximum Gasteiger partial charge on any atom is 0.234 e. The third kappa shape index (κ3) is 5.54. The van der Waals surface area contributed by atoms with Crippen LogP contribution in [0, 0.1) is 5.41 Å². The van der Waals surface area contributed by atoms with Crippen molar-refractivity contribution in [2.45, 2.75) is 33.6 Å². The first-order chi connectivity index (χ1) is 8.57. The first-order valence-corrected chi connectivity index (χ1v) is 6.85. The van der Waals surface area contributed by atoms with Crippen molar-refractivity contribution in [3.05, 3.63) is 12.4 Å². The number of alkyl halides is 1. The van der Waals surface area contributed by atoms with Gasteiger partial charge in [0.2, 0.25) is 5.88 Å². The fourth-order valence-electron chi connectivity index (χ4n) is 1.61. The van der Waals surface area contributed by atoms with E-state index in [1.54, 1.807) is 12.4 Å². The Bertz CT molecular complexity index is 358. The maximum absolute atomic E-state index is 5.72. The zero-order valence-corrected chi connectivity index (χ0v) is 12.1. The van der Waals surface area contributed by atoms with Crippen LogP contribution in [-0.4, -0.2) is 29.0 Å². The van der Waals surface area contributed by atoms with Crippen molar-refractivity contribution < 1.29 is 4.74 Å². The molecule has 0 fully saturated rings. The molecule has 4 nitrogen and oxygen atoms in total. The summed E-state index contributed by atoms with van der Waals surface area (Å²) in [4.78, 5) is 8.42.